The lowest BCUT2D eigenvalue weighted by Gasteiger charge is -1.94. The fraction of sp³-hybridized carbons (Fsp3) is 0. The molecule has 0 saturated carbocycles. The van der Waals surface area contributed by atoms with Crippen molar-refractivity contribution in [1.82, 2.24) is 0 Å². The summed E-state index contributed by atoms with van der Waals surface area (Å²) >= 11 is 0. The highest BCUT2D eigenvalue weighted by Gasteiger charge is 2.12. The van der Waals surface area contributed by atoms with Gasteiger partial charge in [-0.15, -0.1) is 0 Å². The molecule has 0 bridgehead atoms. The molecule has 0 fully saturated rings. The van der Waals surface area contributed by atoms with E-state index < -0.39 is 4.92 Å². The fourth-order valence-corrected chi connectivity index (χ4v) is 0.794. The number of benzene rings is 1. The maximum Gasteiger partial charge on any atom is 0.289 e. The van der Waals surface area contributed by atoms with E-state index in [1.807, 2.05) is 0 Å². The van der Waals surface area contributed by atoms with Gasteiger partial charge in [0.2, 0.25) is 0 Å². The van der Waals surface area contributed by atoms with Crippen molar-refractivity contribution in [3.05, 3.63) is 33.9 Å². The number of nitro benzene ring substituents is 1. The van der Waals surface area contributed by atoms with Crippen LogP contribution >= 0.6 is 0 Å². The van der Waals surface area contributed by atoms with Crippen molar-refractivity contribution in [1.29, 1.82) is 5.26 Å². The molecule has 0 amide bonds. The zero-order valence-corrected chi connectivity index (χ0v) is 6.02. The van der Waals surface area contributed by atoms with Crippen LogP contribution in [0.15, 0.2) is 18.2 Å². The molecule has 0 aliphatic carbocycles. The predicted octanol–water partition coefficient (Wildman–Crippen LogP) is 1.05. The quantitative estimate of drug-likeness (QED) is 0.380. The number of nitro groups is 1. The highest BCUT2D eigenvalue weighted by molar-refractivity contribution is 5.56. The smallest absolute Gasteiger partial charge is 0.289 e. The van der Waals surface area contributed by atoms with Crippen LogP contribution in [0, 0.1) is 21.4 Å². The molecule has 60 valence electrons. The Hall–Kier alpha value is -2.09. The van der Waals surface area contributed by atoms with Crippen LogP contribution in [0.2, 0.25) is 0 Å². The maximum absolute atomic E-state index is 10.3. The summed E-state index contributed by atoms with van der Waals surface area (Å²) in [4.78, 5) is 9.70. The van der Waals surface area contributed by atoms with E-state index in [4.69, 9.17) is 11.0 Å². The Kier molecular flexibility index (Phi) is 1.92. The Morgan fingerprint density at radius 2 is 2.25 bits per heavy atom. The third-order valence-corrected chi connectivity index (χ3v) is 1.34. The number of rotatable bonds is 1. The summed E-state index contributed by atoms with van der Waals surface area (Å²) in [6.45, 7) is 0. The van der Waals surface area contributed by atoms with Crippen molar-refractivity contribution in [2.24, 2.45) is 0 Å². The molecule has 1 rings (SSSR count). The molecule has 0 atom stereocenters. The van der Waals surface area contributed by atoms with Crippen molar-refractivity contribution in [3.63, 3.8) is 0 Å². The standard InChI is InChI=1S/C7H5N3O2/c8-4-5-1-2-6(9)3-7(5)10(11)12/h1-3H,9H2. The summed E-state index contributed by atoms with van der Waals surface area (Å²) in [5, 5.41) is 18.8. The van der Waals surface area contributed by atoms with E-state index in [1.54, 1.807) is 6.07 Å². The lowest BCUT2D eigenvalue weighted by molar-refractivity contribution is -0.385. The number of hydrogen-bond donors (Lipinski definition) is 1. The second-order valence-electron chi connectivity index (χ2n) is 2.15. The van der Waals surface area contributed by atoms with Crippen LogP contribution in [0.25, 0.3) is 0 Å². The topological polar surface area (TPSA) is 93.0 Å². The van der Waals surface area contributed by atoms with Gasteiger partial charge in [-0.3, -0.25) is 10.1 Å². The number of hydrogen-bond acceptors (Lipinski definition) is 4. The number of anilines is 1. The molecule has 5 nitrogen and oxygen atoms in total. The third kappa shape index (κ3) is 1.32. The van der Waals surface area contributed by atoms with E-state index in [2.05, 4.69) is 0 Å². The first-order valence-electron chi connectivity index (χ1n) is 3.09. The van der Waals surface area contributed by atoms with Crippen molar-refractivity contribution in [2.45, 2.75) is 0 Å². The first-order valence-corrected chi connectivity index (χ1v) is 3.09. The Morgan fingerprint density at radius 1 is 1.58 bits per heavy atom. The number of nitrogen functional groups attached to an aromatic ring is 1. The fourth-order valence-electron chi connectivity index (χ4n) is 0.794. The minimum Gasteiger partial charge on any atom is -0.399 e. The van der Waals surface area contributed by atoms with E-state index in [0.717, 1.165) is 0 Å². The maximum atomic E-state index is 10.3. The van der Waals surface area contributed by atoms with E-state index in [-0.39, 0.29) is 16.9 Å². The average molecular weight is 163 g/mol. The van der Waals surface area contributed by atoms with Crippen LogP contribution < -0.4 is 5.73 Å². The molecular formula is C7H5N3O2. The van der Waals surface area contributed by atoms with Gasteiger partial charge in [0.05, 0.1) is 4.92 Å². The Bertz CT molecular complexity index is 367. The van der Waals surface area contributed by atoms with Crippen LogP contribution in [-0.2, 0) is 0 Å². The van der Waals surface area contributed by atoms with Gasteiger partial charge in [-0.05, 0) is 12.1 Å². The lowest BCUT2D eigenvalue weighted by atomic mass is 10.2. The van der Waals surface area contributed by atoms with Gasteiger partial charge in [-0.2, -0.15) is 5.26 Å². The number of nitrogens with zero attached hydrogens (tertiary/aromatic N) is 2. The van der Waals surface area contributed by atoms with E-state index in [9.17, 15) is 10.1 Å². The minimum absolute atomic E-state index is 0.0224. The Balaban J connectivity index is 3.34. The van der Waals surface area contributed by atoms with Gasteiger partial charge in [0, 0.05) is 11.8 Å². The van der Waals surface area contributed by atoms with Gasteiger partial charge in [-0.25, -0.2) is 0 Å². The van der Waals surface area contributed by atoms with Gasteiger partial charge in [0.1, 0.15) is 11.6 Å². The molecule has 0 saturated heterocycles. The molecule has 0 aliphatic heterocycles. The number of nitrogens with two attached hydrogens (primary N) is 1. The molecule has 5 heteroatoms. The SMILES string of the molecule is N#Cc1ccc(N)cc1[N+](=O)[O-]. The van der Waals surface area contributed by atoms with Crippen molar-refractivity contribution in [2.75, 3.05) is 5.73 Å². The first-order chi connectivity index (χ1) is 5.65. The van der Waals surface area contributed by atoms with Gasteiger partial charge >= 0.3 is 0 Å². The highest BCUT2D eigenvalue weighted by Crippen LogP contribution is 2.20. The zero-order chi connectivity index (χ0) is 9.14. The van der Waals surface area contributed by atoms with Crippen molar-refractivity contribution >= 4 is 11.4 Å². The molecule has 12 heavy (non-hydrogen) atoms. The molecule has 0 aliphatic rings. The highest BCUT2D eigenvalue weighted by atomic mass is 16.6. The van der Waals surface area contributed by atoms with E-state index in [0.29, 0.717) is 0 Å². The molecule has 0 unspecified atom stereocenters. The van der Waals surface area contributed by atoms with Gasteiger partial charge < -0.3 is 5.73 Å². The molecule has 0 heterocycles. The summed E-state index contributed by atoms with van der Waals surface area (Å²) in [5.41, 5.74) is 5.35. The van der Waals surface area contributed by atoms with Crippen LogP contribution in [0.5, 0.6) is 0 Å². The number of nitriles is 1. The predicted molar refractivity (Wildman–Crippen MR) is 42.2 cm³/mol. The zero-order valence-electron chi connectivity index (χ0n) is 6.02. The molecule has 1 aromatic carbocycles. The van der Waals surface area contributed by atoms with Gasteiger partial charge in [0.15, 0.2) is 0 Å². The second kappa shape index (κ2) is 2.88. The second-order valence-corrected chi connectivity index (χ2v) is 2.15. The molecule has 0 radical (unpaired) electrons. The van der Waals surface area contributed by atoms with Crippen LogP contribution in [0.4, 0.5) is 11.4 Å². The summed E-state index contributed by atoms with van der Waals surface area (Å²) in [6.07, 6.45) is 0. The monoisotopic (exact) mass is 163 g/mol. The molecular weight excluding hydrogens is 158 g/mol. The first kappa shape index (κ1) is 8.01. The van der Waals surface area contributed by atoms with Crippen LogP contribution in [0.3, 0.4) is 0 Å². The van der Waals surface area contributed by atoms with Gasteiger partial charge in [0.25, 0.3) is 5.69 Å². The Labute approximate surface area is 68.2 Å². The molecule has 1 aromatic rings. The largest absolute Gasteiger partial charge is 0.399 e. The molecule has 0 aromatic heterocycles. The van der Waals surface area contributed by atoms with E-state index >= 15 is 0 Å². The average Bonchev–Trinajstić information content (AvgIpc) is 2.04. The summed E-state index contributed by atoms with van der Waals surface area (Å²) in [7, 11) is 0. The van der Waals surface area contributed by atoms with E-state index in [1.165, 1.54) is 18.2 Å². The molecule has 2 N–H and O–H groups in total. The van der Waals surface area contributed by atoms with Crippen LogP contribution in [0.1, 0.15) is 5.56 Å². The molecule has 0 spiro atoms. The van der Waals surface area contributed by atoms with Crippen LogP contribution in [-0.4, -0.2) is 4.92 Å². The van der Waals surface area contributed by atoms with Crippen molar-refractivity contribution < 1.29 is 4.92 Å². The third-order valence-electron chi connectivity index (χ3n) is 1.34. The summed E-state index contributed by atoms with van der Waals surface area (Å²) in [5.74, 6) is 0. The van der Waals surface area contributed by atoms with Crippen molar-refractivity contribution in [3.8, 4) is 6.07 Å². The van der Waals surface area contributed by atoms with Gasteiger partial charge in [-0.1, -0.05) is 0 Å². The summed E-state index contributed by atoms with van der Waals surface area (Å²) in [6, 6.07) is 5.65. The summed E-state index contributed by atoms with van der Waals surface area (Å²) < 4.78 is 0. The minimum atomic E-state index is -0.630. The Morgan fingerprint density at radius 3 is 2.75 bits per heavy atom. The lowest BCUT2D eigenvalue weighted by Crippen LogP contribution is -1.94. The normalized spacial score (nSPS) is 8.92.